The smallest absolute Gasteiger partial charge is 0.345 e. The van der Waals surface area contributed by atoms with Gasteiger partial charge in [0.1, 0.15) is 0 Å². The molecule has 4 aromatic rings. The van der Waals surface area contributed by atoms with Gasteiger partial charge in [-0.25, -0.2) is 0 Å². The maximum absolute atomic E-state index is 13.1. The molecule has 4 rings (SSSR count). The van der Waals surface area contributed by atoms with E-state index < -0.39 is 17.6 Å². The van der Waals surface area contributed by atoms with Crippen molar-refractivity contribution in [1.82, 2.24) is 20.1 Å². The Hall–Kier alpha value is -3.83. The Labute approximate surface area is 238 Å². The van der Waals surface area contributed by atoms with Crippen LogP contribution in [0.25, 0.3) is 5.69 Å². The van der Waals surface area contributed by atoms with Crippen molar-refractivity contribution in [3.05, 3.63) is 99.3 Å². The van der Waals surface area contributed by atoms with Gasteiger partial charge in [0.05, 0.1) is 34.3 Å². The Morgan fingerprint density at radius 2 is 1.75 bits per heavy atom. The molecule has 1 heterocycles. The molecule has 2 amide bonds. The summed E-state index contributed by atoms with van der Waals surface area (Å²) in [5, 5.41) is 14.2. The maximum Gasteiger partial charge on any atom is 0.416 e. The second-order valence-electron chi connectivity index (χ2n) is 9.03. The van der Waals surface area contributed by atoms with Crippen LogP contribution >= 0.6 is 23.4 Å². The van der Waals surface area contributed by atoms with Gasteiger partial charge in [0.15, 0.2) is 11.0 Å². The average molecular weight is 588 g/mol. The van der Waals surface area contributed by atoms with E-state index in [1.54, 1.807) is 22.8 Å². The van der Waals surface area contributed by atoms with Gasteiger partial charge >= 0.3 is 6.18 Å². The second kappa shape index (κ2) is 12.1. The first-order chi connectivity index (χ1) is 18.9. The monoisotopic (exact) mass is 587 g/mol. The molecule has 1 aromatic heterocycles. The number of halogens is 4. The number of aromatic nitrogens is 3. The first-order valence-electron chi connectivity index (χ1n) is 12.1. The number of hydrogen-bond donors (Lipinski definition) is 2. The number of carbonyl (C=O) groups is 2. The summed E-state index contributed by atoms with van der Waals surface area (Å²) in [5.41, 5.74) is 3.15. The third-order valence-corrected chi connectivity index (χ3v) is 7.36. The molecule has 0 aliphatic heterocycles. The zero-order chi connectivity index (χ0) is 29.0. The van der Waals surface area contributed by atoms with Crippen LogP contribution < -0.4 is 10.6 Å². The van der Waals surface area contributed by atoms with Gasteiger partial charge in [-0.2, -0.15) is 13.2 Å². The molecule has 0 bridgehead atoms. The summed E-state index contributed by atoms with van der Waals surface area (Å²) in [4.78, 5) is 25.4. The third kappa shape index (κ3) is 6.83. The first-order valence-corrected chi connectivity index (χ1v) is 13.5. The number of aryl methyl sites for hydroxylation is 2. The molecular formula is C28H25ClF3N5O2S. The highest BCUT2D eigenvalue weighted by molar-refractivity contribution is 7.99. The minimum absolute atomic E-state index is 0.0171. The molecule has 0 aliphatic carbocycles. The van der Waals surface area contributed by atoms with E-state index in [2.05, 4.69) is 20.8 Å². The molecule has 7 nitrogen and oxygen atoms in total. The van der Waals surface area contributed by atoms with Gasteiger partial charge in [-0.05, 0) is 68.3 Å². The topological polar surface area (TPSA) is 88.9 Å². The first kappa shape index (κ1) is 29.2. The Morgan fingerprint density at radius 3 is 2.48 bits per heavy atom. The molecule has 0 fully saturated rings. The molecule has 40 heavy (non-hydrogen) atoms. The summed E-state index contributed by atoms with van der Waals surface area (Å²) in [5.74, 6) is -0.578. The Morgan fingerprint density at radius 1 is 1.00 bits per heavy atom. The van der Waals surface area contributed by atoms with E-state index in [9.17, 15) is 22.8 Å². The number of nitrogens with zero attached hydrogens (tertiary/aromatic N) is 3. The predicted molar refractivity (Wildman–Crippen MR) is 149 cm³/mol. The fraction of sp³-hybridized carbons (Fsp3) is 0.214. The minimum atomic E-state index is -4.58. The summed E-state index contributed by atoms with van der Waals surface area (Å²) in [6.45, 7) is 5.87. The molecule has 0 saturated carbocycles. The largest absolute Gasteiger partial charge is 0.416 e. The van der Waals surface area contributed by atoms with Crippen LogP contribution in [-0.4, -0.2) is 32.3 Å². The molecule has 3 aromatic carbocycles. The van der Waals surface area contributed by atoms with Crippen molar-refractivity contribution in [2.24, 2.45) is 0 Å². The van der Waals surface area contributed by atoms with Gasteiger partial charge in [-0.1, -0.05) is 53.2 Å². The van der Waals surface area contributed by atoms with Crippen LogP contribution in [-0.2, 0) is 17.5 Å². The van der Waals surface area contributed by atoms with Crippen LogP contribution in [0.15, 0.2) is 65.8 Å². The molecule has 0 atom stereocenters. The van der Waals surface area contributed by atoms with Crippen molar-refractivity contribution < 1.29 is 22.8 Å². The lowest BCUT2D eigenvalue weighted by Gasteiger charge is -2.15. The van der Waals surface area contributed by atoms with Gasteiger partial charge in [0.25, 0.3) is 5.91 Å². The highest BCUT2D eigenvalue weighted by atomic mass is 35.5. The number of nitrogens with one attached hydrogen (secondary N) is 2. The summed E-state index contributed by atoms with van der Waals surface area (Å²) in [7, 11) is 0. The number of carbonyl (C=O) groups excluding carboxylic acids is 2. The summed E-state index contributed by atoms with van der Waals surface area (Å²) in [6, 6.07) is 15.6. The van der Waals surface area contributed by atoms with E-state index in [1.807, 2.05) is 45.0 Å². The van der Waals surface area contributed by atoms with Crippen LogP contribution in [0.2, 0.25) is 5.02 Å². The average Bonchev–Trinajstić information content (AvgIpc) is 3.30. The quantitative estimate of drug-likeness (QED) is 0.229. The van der Waals surface area contributed by atoms with E-state index in [0.717, 1.165) is 52.3 Å². The van der Waals surface area contributed by atoms with Gasteiger partial charge in [-0.3, -0.25) is 14.2 Å². The highest BCUT2D eigenvalue weighted by Crippen LogP contribution is 2.34. The van der Waals surface area contributed by atoms with Crippen LogP contribution in [0.5, 0.6) is 0 Å². The van der Waals surface area contributed by atoms with Crippen LogP contribution in [0.4, 0.5) is 18.9 Å². The number of amides is 2. The van der Waals surface area contributed by atoms with E-state index in [1.165, 1.54) is 0 Å². The van der Waals surface area contributed by atoms with Crippen molar-refractivity contribution in [2.75, 3.05) is 11.1 Å². The molecule has 12 heteroatoms. The molecule has 0 saturated heterocycles. The number of alkyl halides is 3. The SMILES string of the molecule is Cc1cccc(C(=O)NCc2nnc(SCC(=O)Nc3cc(C(F)(F)F)ccc3Cl)n2-c2cccc(C)c2C)c1. The number of benzene rings is 3. The second-order valence-corrected chi connectivity index (χ2v) is 10.4. The maximum atomic E-state index is 13.1. The number of thioether (sulfide) groups is 1. The highest BCUT2D eigenvalue weighted by Gasteiger charge is 2.31. The molecule has 208 valence electrons. The van der Waals surface area contributed by atoms with Crippen LogP contribution in [0.3, 0.4) is 0 Å². The third-order valence-electron chi connectivity index (χ3n) is 6.10. The van der Waals surface area contributed by atoms with E-state index in [-0.39, 0.29) is 28.9 Å². The zero-order valence-corrected chi connectivity index (χ0v) is 23.3. The number of rotatable bonds is 8. The number of anilines is 1. The number of hydrogen-bond acceptors (Lipinski definition) is 5. The molecule has 0 aliphatic rings. The lowest BCUT2D eigenvalue weighted by atomic mass is 10.1. The lowest BCUT2D eigenvalue weighted by molar-refractivity contribution is -0.137. The van der Waals surface area contributed by atoms with Crippen molar-refractivity contribution in [3.63, 3.8) is 0 Å². The van der Waals surface area contributed by atoms with E-state index in [4.69, 9.17) is 11.6 Å². The van der Waals surface area contributed by atoms with Crippen molar-refractivity contribution in [2.45, 2.75) is 38.6 Å². The van der Waals surface area contributed by atoms with Gasteiger partial charge < -0.3 is 10.6 Å². The van der Waals surface area contributed by atoms with E-state index in [0.29, 0.717) is 16.5 Å². The fourth-order valence-corrected chi connectivity index (χ4v) is 4.82. The van der Waals surface area contributed by atoms with Crippen molar-refractivity contribution >= 4 is 40.9 Å². The molecular weight excluding hydrogens is 563 g/mol. The minimum Gasteiger partial charge on any atom is -0.345 e. The Balaban J connectivity index is 1.55. The summed E-state index contributed by atoms with van der Waals surface area (Å²) in [6.07, 6.45) is -4.58. The lowest BCUT2D eigenvalue weighted by Crippen LogP contribution is -2.25. The predicted octanol–water partition coefficient (Wildman–Crippen LogP) is 6.53. The normalized spacial score (nSPS) is 11.4. The van der Waals surface area contributed by atoms with Gasteiger partial charge in [-0.15, -0.1) is 10.2 Å². The van der Waals surface area contributed by atoms with Crippen molar-refractivity contribution in [1.29, 1.82) is 0 Å². The summed E-state index contributed by atoms with van der Waals surface area (Å²) >= 11 is 7.06. The summed E-state index contributed by atoms with van der Waals surface area (Å²) < 4.78 is 41.1. The van der Waals surface area contributed by atoms with Crippen LogP contribution in [0, 0.1) is 20.8 Å². The van der Waals surface area contributed by atoms with E-state index >= 15 is 0 Å². The standard InChI is InChI=1S/C28H25ClF3N5O2S/c1-16-6-4-8-19(12-16)26(39)33-14-24-35-36-27(37(24)23-9-5-7-17(2)18(23)3)40-15-25(38)34-22-13-20(28(30,31)32)10-11-21(22)29/h4-13H,14-15H2,1-3H3,(H,33,39)(H,34,38). The van der Waals surface area contributed by atoms with Crippen molar-refractivity contribution in [3.8, 4) is 5.69 Å². The Kier molecular flexibility index (Phi) is 8.85. The fourth-order valence-electron chi connectivity index (χ4n) is 3.89. The zero-order valence-electron chi connectivity index (χ0n) is 21.8. The Bertz CT molecular complexity index is 1570. The van der Waals surface area contributed by atoms with Gasteiger partial charge in [0, 0.05) is 5.56 Å². The molecule has 0 unspecified atom stereocenters. The molecule has 0 radical (unpaired) electrons. The molecule has 0 spiro atoms. The molecule has 2 N–H and O–H groups in total. The van der Waals surface area contributed by atoms with Crippen LogP contribution in [0.1, 0.15) is 38.4 Å². The van der Waals surface area contributed by atoms with Gasteiger partial charge in [0.2, 0.25) is 5.91 Å².